The summed E-state index contributed by atoms with van der Waals surface area (Å²) in [5.74, 6) is -0.968. The number of carbonyl (C=O) groups is 2. The normalized spacial score (nSPS) is 13.6. The summed E-state index contributed by atoms with van der Waals surface area (Å²) in [6.07, 6.45) is -0.465. The van der Waals surface area contributed by atoms with Crippen molar-refractivity contribution in [1.82, 2.24) is 5.32 Å². The summed E-state index contributed by atoms with van der Waals surface area (Å²) in [4.78, 5) is 24.5. The highest BCUT2D eigenvalue weighted by atomic mass is 16.5. The van der Waals surface area contributed by atoms with Gasteiger partial charge in [0.05, 0.1) is 0 Å². The van der Waals surface area contributed by atoms with Gasteiger partial charge >= 0.3 is 0 Å². The lowest BCUT2D eigenvalue weighted by Crippen LogP contribution is -2.47. The summed E-state index contributed by atoms with van der Waals surface area (Å²) < 4.78 is 5.32. The molecule has 0 aromatic heterocycles. The molecule has 0 bridgehead atoms. The van der Waals surface area contributed by atoms with Crippen LogP contribution in [0.25, 0.3) is 0 Å². The average molecular weight is 368 g/mol. The first-order valence-corrected chi connectivity index (χ1v) is 8.99. The number of hydrogen-bond acceptors (Lipinski definition) is 3. The van der Waals surface area contributed by atoms with Gasteiger partial charge in [-0.2, -0.15) is 0 Å². The quantitative estimate of drug-likeness (QED) is 0.788. The van der Waals surface area contributed by atoms with Gasteiger partial charge in [-0.3, -0.25) is 9.59 Å². The highest BCUT2D eigenvalue weighted by molar-refractivity contribution is 5.89. The summed E-state index contributed by atoms with van der Waals surface area (Å²) in [5, 5.41) is 2.72. The fourth-order valence-corrected chi connectivity index (χ4v) is 2.87. The fraction of sp³-hybridized carbons (Fsp3) is 0.364. The molecule has 144 valence electrons. The number of rotatable bonds is 7. The number of ether oxygens (including phenoxy) is 1. The van der Waals surface area contributed by atoms with Gasteiger partial charge in [-0.05, 0) is 22.1 Å². The lowest BCUT2D eigenvalue weighted by Gasteiger charge is -2.22. The van der Waals surface area contributed by atoms with Gasteiger partial charge in [-0.15, -0.1) is 0 Å². The average Bonchev–Trinajstić information content (AvgIpc) is 2.62. The Hall–Kier alpha value is -2.66. The molecule has 2 rings (SSSR count). The number of carbonyl (C=O) groups excluding carboxylic acids is 2. The van der Waals surface area contributed by atoms with Crippen molar-refractivity contribution in [2.24, 2.45) is 5.73 Å². The number of benzene rings is 2. The van der Waals surface area contributed by atoms with Crippen LogP contribution in [0.1, 0.15) is 43.6 Å². The maximum atomic E-state index is 12.6. The van der Waals surface area contributed by atoms with E-state index >= 15 is 0 Å². The van der Waals surface area contributed by atoms with E-state index in [1.165, 1.54) is 12.7 Å². The van der Waals surface area contributed by atoms with Crippen molar-refractivity contribution < 1.29 is 14.3 Å². The van der Waals surface area contributed by atoms with Crippen molar-refractivity contribution in [3.05, 3.63) is 71.3 Å². The maximum Gasteiger partial charge on any atom is 0.254 e. The van der Waals surface area contributed by atoms with Gasteiger partial charge in [0.25, 0.3) is 5.91 Å². The molecular weight excluding hydrogens is 340 g/mol. The third-order valence-corrected chi connectivity index (χ3v) is 4.50. The lowest BCUT2D eigenvalue weighted by atomic mass is 9.86. The second-order valence-electron chi connectivity index (χ2n) is 7.64. The first-order chi connectivity index (χ1) is 12.7. The van der Waals surface area contributed by atoms with Gasteiger partial charge < -0.3 is 15.8 Å². The summed E-state index contributed by atoms with van der Waals surface area (Å²) in [5.41, 5.74) is 8.42. The summed E-state index contributed by atoms with van der Waals surface area (Å²) in [7, 11) is 1.46. The van der Waals surface area contributed by atoms with Gasteiger partial charge in [0.1, 0.15) is 6.04 Å². The molecule has 0 radical (unpaired) electrons. The van der Waals surface area contributed by atoms with E-state index in [2.05, 4.69) is 26.1 Å². The standard InChI is InChI=1S/C22H28N2O3/c1-22(2,3)17-12-10-15(11-13-17)14-18(20(23)25)24-21(26)19(27-4)16-8-6-5-7-9-16/h5-13,18-19H,14H2,1-4H3,(H2,23,25)(H,24,26)/t18-,19-/m1/s1. The SMILES string of the molecule is CO[C@@H](C(=O)N[C@H](Cc1ccc(C(C)(C)C)cc1)C(N)=O)c1ccccc1. The zero-order valence-corrected chi connectivity index (χ0v) is 16.4. The molecule has 2 atom stereocenters. The van der Waals surface area contributed by atoms with Crippen molar-refractivity contribution >= 4 is 11.8 Å². The molecule has 0 heterocycles. The Morgan fingerprint density at radius 2 is 1.63 bits per heavy atom. The number of nitrogens with one attached hydrogen (secondary N) is 1. The molecule has 0 aliphatic heterocycles. The number of methoxy groups -OCH3 is 1. The van der Waals surface area contributed by atoms with Crippen LogP contribution in [0, 0.1) is 0 Å². The Bertz CT molecular complexity index is 764. The molecule has 0 saturated carbocycles. The second-order valence-corrected chi connectivity index (χ2v) is 7.64. The molecule has 27 heavy (non-hydrogen) atoms. The lowest BCUT2D eigenvalue weighted by molar-refractivity contribution is -0.134. The van der Waals surface area contributed by atoms with Gasteiger partial charge in [-0.1, -0.05) is 75.4 Å². The number of primary amides is 1. The van der Waals surface area contributed by atoms with Crippen LogP contribution in [0.2, 0.25) is 0 Å². The first-order valence-electron chi connectivity index (χ1n) is 8.99. The van der Waals surface area contributed by atoms with Crippen molar-refractivity contribution in [2.75, 3.05) is 7.11 Å². The van der Waals surface area contributed by atoms with Crippen molar-refractivity contribution in [1.29, 1.82) is 0 Å². The van der Waals surface area contributed by atoms with Crippen LogP contribution in [0.5, 0.6) is 0 Å². The van der Waals surface area contributed by atoms with E-state index in [1.54, 1.807) is 12.1 Å². The molecule has 5 heteroatoms. The highest BCUT2D eigenvalue weighted by Crippen LogP contribution is 2.22. The second kappa shape index (κ2) is 8.82. The predicted octanol–water partition coefficient (Wildman–Crippen LogP) is 2.88. The van der Waals surface area contributed by atoms with E-state index in [0.29, 0.717) is 6.42 Å². The molecule has 0 fully saturated rings. The molecule has 2 aromatic carbocycles. The molecule has 2 amide bonds. The Morgan fingerprint density at radius 1 is 1.04 bits per heavy atom. The monoisotopic (exact) mass is 368 g/mol. The Balaban J connectivity index is 2.11. The summed E-state index contributed by atoms with van der Waals surface area (Å²) in [6, 6.07) is 16.3. The predicted molar refractivity (Wildman–Crippen MR) is 106 cm³/mol. The fourth-order valence-electron chi connectivity index (χ4n) is 2.87. The molecule has 0 aliphatic carbocycles. The van der Waals surface area contributed by atoms with Gasteiger partial charge in [0.2, 0.25) is 5.91 Å². The third kappa shape index (κ3) is 5.66. The van der Waals surface area contributed by atoms with Crippen LogP contribution >= 0.6 is 0 Å². The van der Waals surface area contributed by atoms with E-state index in [9.17, 15) is 9.59 Å². The van der Waals surface area contributed by atoms with Crippen LogP contribution in [-0.2, 0) is 26.2 Å². The number of nitrogens with two attached hydrogens (primary N) is 1. The Labute approximate surface area is 160 Å². The van der Waals surface area contributed by atoms with Crippen LogP contribution in [0.4, 0.5) is 0 Å². The molecule has 3 N–H and O–H groups in total. The third-order valence-electron chi connectivity index (χ3n) is 4.50. The molecule has 0 aliphatic rings. The van der Waals surface area contributed by atoms with E-state index in [0.717, 1.165) is 11.1 Å². The van der Waals surface area contributed by atoms with E-state index < -0.39 is 18.1 Å². The molecular formula is C22H28N2O3. The van der Waals surface area contributed by atoms with Gasteiger partial charge in [0.15, 0.2) is 6.10 Å². The van der Waals surface area contributed by atoms with Gasteiger partial charge in [-0.25, -0.2) is 0 Å². The summed E-state index contributed by atoms with van der Waals surface area (Å²) in [6.45, 7) is 6.43. The molecule has 0 spiro atoms. The Kier molecular flexibility index (Phi) is 6.75. The largest absolute Gasteiger partial charge is 0.368 e. The Morgan fingerprint density at radius 3 is 2.11 bits per heavy atom. The topological polar surface area (TPSA) is 81.4 Å². The van der Waals surface area contributed by atoms with Crippen molar-refractivity contribution in [3.63, 3.8) is 0 Å². The highest BCUT2D eigenvalue weighted by Gasteiger charge is 2.25. The van der Waals surface area contributed by atoms with E-state index in [-0.39, 0.29) is 11.3 Å². The molecule has 0 saturated heterocycles. The van der Waals surface area contributed by atoms with Crippen LogP contribution < -0.4 is 11.1 Å². The van der Waals surface area contributed by atoms with E-state index in [1.807, 2.05) is 42.5 Å². The zero-order chi connectivity index (χ0) is 20.0. The minimum absolute atomic E-state index is 0.0528. The minimum atomic E-state index is -0.806. The minimum Gasteiger partial charge on any atom is -0.368 e. The van der Waals surface area contributed by atoms with E-state index in [4.69, 9.17) is 10.5 Å². The molecule has 0 unspecified atom stereocenters. The summed E-state index contributed by atoms with van der Waals surface area (Å²) >= 11 is 0. The first kappa shape index (κ1) is 20.6. The number of amides is 2. The molecule has 5 nitrogen and oxygen atoms in total. The zero-order valence-electron chi connectivity index (χ0n) is 16.4. The number of hydrogen-bond donors (Lipinski definition) is 2. The van der Waals surface area contributed by atoms with Crippen LogP contribution in [0.15, 0.2) is 54.6 Å². The van der Waals surface area contributed by atoms with Crippen LogP contribution in [-0.4, -0.2) is 25.0 Å². The molecule has 2 aromatic rings. The maximum absolute atomic E-state index is 12.6. The van der Waals surface area contributed by atoms with Crippen molar-refractivity contribution in [2.45, 2.75) is 44.8 Å². The van der Waals surface area contributed by atoms with Crippen molar-refractivity contribution in [3.8, 4) is 0 Å². The smallest absolute Gasteiger partial charge is 0.254 e. The van der Waals surface area contributed by atoms with Crippen LogP contribution in [0.3, 0.4) is 0 Å². The van der Waals surface area contributed by atoms with Gasteiger partial charge in [0, 0.05) is 13.5 Å².